The summed E-state index contributed by atoms with van der Waals surface area (Å²) in [5.74, 6) is -17.0. The Morgan fingerprint density at radius 3 is 1.91 bits per heavy atom. The predicted molar refractivity (Wildman–Crippen MR) is 63.1 cm³/mol. The van der Waals surface area contributed by atoms with Crippen LogP contribution in [-0.4, -0.2) is 24.0 Å². The minimum atomic E-state index is -6.68. The predicted octanol–water partition coefficient (Wildman–Crippen LogP) is 5.39. The third-order valence-corrected chi connectivity index (χ3v) is 3.17. The summed E-state index contributed by atoms with van der Waals surface area (Å²) in [6.45, 7) is 0. The van der Waals surface area contributed by atoms with E-state index in [0.717, 1.165) is 6.07 Å². The smallest absolute Gasteiger partial charge is 0.420 e. The molecule has 0 aliphatic carbocycles. The molecule has 0 aromatic heterocycles. The van der Waals surface area contributed by atoms with E-state index in [2.05, 4.69) is 4.74 Å². The molecule has 0 amide bonds. The van der Waals surface area contributed by atoms with Crippen LogP contribution in [0.4, 0.5) is 30.7 Å². The van der Waals surface area contributed by atoms with Crippen LogP contribution in [0, 0.1) is 0 Å². The van der Waals surface area contributed by atoms with Crippen LogP contribution in [0.15, 0.2) is 12.1 Å². The molecular formula is C10H2Cl3F7O2. The molecule has 0 atom stereocenters. The first-order chi connectivity index (χ1) is 9.71. The number of rotatable bonds is 3. The molecule has 0 saturated heterocycles. The van der Waals surface area contributed by atoms with Crippen molar-refractivity contribution in [3.05, 3.63) is 27.2 Å². The minimum absolute atomic E-state index is 0.289. The highest BCUT2D eigenvalue weighted by atomic mass is 35.5. The van der Waals surface area contributed by atoms with E-state index in [1.54, 1.807) is 0 Å². The molecule has 0 unspecified atom stereocenters. The zero-order valence-electron chi connectivity index (χ0n) is 9.75. The van der Waals surface area contributed by atoms with Gasteiger partial charge in [-0.3, -0.25) is 0 Å². The number of carbonyl (C=O) groups excluding carboxylic acids is 1. The lowest BCUT2D eigenvalue weighted by Gasteiger charge is -2.26. The van der Waals surface area contributed by atoms with E-state index in [0.29, 0.717) is 6.07 Å². The molecule has 0 fully saturated rings. The second kappa shape index (κ2) is 5.93. The fraction of sp³-hybridized carbons (Fsp3) is 0.300. The summed E-state index contributed by atoms with van der Waals surface area (Å²) in [5.41, 5.74) is 0. The second-order valence-electron chi connectivity index (χ2n) is 3.74. The number of alkyl halides is 7. The van der Waals surface area contributed by atoms with Gasteiger partial charge < -0.3 is 4.74 Å². The number of carbonyl (C=O) groups is 1. The van der Waals surface area contributed by atoms with Crippen molar-refractivity contribution in [3.8, 4) is 5.75 Å². The Morgan fingerprint density at radius 2 is 1.45 bits per heavy atom. The van der Waals surface area contributed by atoms with Crippen LogP contribution in [0.1, 0.15) is 0 Å². The zero-order valence-corrected chi connectivity index (χ0v) is 12.0. The molecule has 1 aromatic carbocycles. The first-order valence-corrected chi connectivity index (χ1v) is 6.04. The van der Waals surface area contributed by atoms with Crippen LogP contribution in [-0.2, 0) is 4.79 Å². The lowest BCUT2D eigenvalue weighted by Crippen LogP contribution is -2.57. The molecule has 22 heavy (non-hydrogen) atoms. The molecule has 0 radical (unpaired) electrons. The van der Waals surface area contributed by atoms with Crippen molar-refractivity contribution >= 4 is 40.8 Å². The van der Waals surface area contributed by atoms with E-state index in [-0.39, 0.29) is 5.02 Å². The highest BCUT2D eigenvalue weighted by molar-refractivity contribution is 6.44. The minimum Gasteiger partial charge on any atom is -0.420 e. The average molecular weight is 393 g/mol. The molecule has 2 nitrogen and oxygen atoms in total. The maximum atomic E-state index is 13.1. The van der Waals surface area contributed by atoms with Crippen LogP contribution in [0.2, 0.25) is 15.1 Å². The Hall–Kier alpha value is -0.930. The molecule has 0 bridgehead atoms. The van der Waals surface area contributed by atoms with Gasteiger partial charge in [0.1, 0.15) is 5.02 Å². The van der Waals surface area contributed by atoms with E-state index in [4.69, 9.17) is 34.8 Å². The summed E-state index contributed by atoms with van der Waals surface area (Å²) in [6.07, 6.45) is -6.68. The van der Waals surface area contributed by atoms with Crippen molar-refractivity contribution in [2.75, 3.05) is 0 Å². The lowest BCUT2D eigenvalue weighted by molar-refractivity contribution is -0.346. The van der Waals surface area contributed by atoms with Gasteiger partial charge in [-0.15, -0.1) is 0 Å². The number of hydrogen-bond acceptors (Lipinski definition) is 2. The number of ether oxygens (including phenoxy) is 1. The normalized spacial score (nSPS) is 13.2. The van der Waals surface area contributed by atoms with E-state index in [1.165, 1.54) is 0 Å². The maximum Gasteiger partial charge on any atom is 0.460 e. The molecule has 1 rings (SSSR count). The SMILES string of the molecule is O=C(Oc1cc(Cl)cc(Cl)c1Cl)C(F)(F)C(F)(F)C(F)(F)F. The van der Waals surface area contributed by atoms with Crippen LogP contribution < -0.4 is 4.74 Å². The molecule has 0 heterocycles. The first kappa shape index (κ1) is 19.1. The van der Waals surface area contributed by atoms with Gasteiger partial charge in [0.05, 0.1) is 5.02 Å². The van der Waals surface area contributed by atoms with Gasteiger partial charge in [-0.1, -0.05) is 34.8 Å². The molecule has 0 spiro atoms. The number of hydrogen-bond donors (Lipinski definition) is 0. The van der Waals surface area contributed by atoms with Crippen molar-refractivity contribution in [3.63, 3.8) is 0 Å². The standard InChI is InChI=1S/C10H2Cl3F7O2/c11-3-1-4(12)6(13)5(2-3)22-7(21)8(14,15)9(16,17)10(18,19)20/h1-2H. The zero-order chi connectivity index (χ0) is 17.5. The Kier molecular flexibility index (Phi) is 5.16. The highest BCUT2D eigenvalue weighted by Crippen LogP contribution is 2.47. The third-order valence-electron chi connectivity index (χ3n) is 2.17. The van der Waals surface area contributed by atoms with E-state index in [9.17, 15) is 35.5 Å². The van der Waals surface area contributed by atoms with Gasteiger partial charge >= 0.3 is 24.0 Å². The van der Waals surface area contributed by atoms with E-state index >= 15 is 0 Å². The summed E-state index contributed by atoms with van der Waals surface area (Å²) in [4.78, 5) is 11.0. The quantitative estimate of drug-likeness (QED) is 0.298. The monoisotopic (exact) mass is 392 g/mol. The summed E-state index contributed by atoms with van der Waals surface area (Å²) >= 11 is 16.3. The fourth-order valence-corrected chi connectivity index (χ4v) is 1.70. The van der Waals surface area contributed by atoms with Gasteiger partial charge in [0.2, 0.25) is 0 Å². The molecule has 0 aliphatic rings. The van der Waals surface area contributed by atoms with Crippen molar-refractivity contribution in [2.24, 2.45) is 0 Å². The van der Waals surface area contributed by atoms with Gasteiger partial charge in [-0.2, -0.15) is 30.7 Å². The average Bonchev–Trinajstić information content (AvgIpc) is 2.33. The van der Waals surface area contributed by atoms with Crippen LogP contribution >= 0.6 is 34.8 Å². The molecule has 12 heteroatoms. The summed E-state index contributed by atoms with van der Waals surface area (Å²) in [7, 11) is 0. The summed E-state index contributed by atoms with van der Waals surface area (Å²) in [6, 6.07) is 1.63. The molecule has 124 valence electrons. The Labute approximate surface area is 132 Å². The van der Waals surface area contributed by atoms with Crippen molar-refractivity contribution in [1.82, 2.24) is 0 Å². The Morgan fingerprint density at radius 1 is 0.955 bits per heavy atom. The van der Waals surface area contributed by atoms with Crippen LogP contribution in [0.5, 0.6) is 5.75 Å². The summed E-state index contributed by atoms with van der Waals surface area (Å²) in [5, 5.41) is -1.36. The maximum absolute atomic E-state index is 13.1. The molecule has 0 aliphatic heterocycles. The molecule has 0 N–H and O–H groups in total. The third kappa shape index (κ3) is 3.36. The largest absolute Gasteiger partial charge is 0.460 e. The topological polar surface area (TPSA) is 26.3 Å². The second-order valence-corrected chi connectivity index (χ2v) is 4.96. The van der Waals surface area contributed by atoms with Crippen LogP contribution in [0.3, 0.4) is 0 Å². The molecule has 1 aromatic rings. The van der Waals surface area contributed by atoms with Gasteiger partial charge in [0.15, 0.2) is 5.75 Å². The van der Waals surface area contributed by atoms with E-state index in [1.807, 2.05) is 0 Å². The van der Waals surface area contributed by atoms with Gasteiger partial charge in [-0.05, 0) is 6.07 Å². The lowest BCUT2D eigenvalue weighted by atomic mass is 10.1. The van der Waals surface area contributed by atoms with Gasteiger partial charge in [0.25, 0.3) is 0 Å². The van der Waals surface area contributed by atoms with E-state index < -0.39 is 39.8 Å². The van der Waals surface area contributed by atoms with Gasteiger partial charge in [0, 0.05) is 11.1 Å². The van der Waals surface area contributed by atoms with Crippen molar-refractivity contribution < 1.29 is 40.3 Å². The van der Waals surface area contributed by atoms with Crippen molar-refractivity contribution in [1.29, 1.82) is 0 Å². The van der Waals surface area contributed by atoms with Crippen molar-refractivity contribution in [2.45, 2.75) is 18.0 Å². The Bertz CT molecular complexity index is 601. The Balaban J connectivity index is 3.18. The highest BCUT2D eigenvalue weighted by Gasteiger charge is 2.77. The first-order valence-electron chi connectivity index (χ1n) is 4.91. The number of benzene rings is 1. The molecular weight excluding hydrogens is 391 g/mol. The number of esters is 1. The molecule has 0 saturated carbocycles. The van der Waals surface area contributed by atoms with Crippen LogP contribution in [0.25, 0.3) is 0 Å². The summed E-state index contributed by atoms with van der Waals surface area (Å²) < 4.78 is 91.0. The number of halogens is 10. The fourth-order valence-electron chi connectivity index (χ4n) is 1.08. The van der Waals surface area contributed by atoms with Gasteiger partial charge in [-0.25, -0.2) is 4.79 Å².